The van der Waals surface area contributed by atoms with E-state index in [1.54, 1.807) is 13.2 Å². The molecule has 0 fully saturated rings. The second-order valence-electron chi connectivity index (χ2n) is 6.23. The molecule has 2 aliphatic rings. The van der Waals surface area contributed by atoms with Crippen molar-refractivity contribution in [3.63, 3.8) is 0 Å². The van der Waals surface area contributed by atoms with E-state index in [0.29, 0.717) is 6.61 Å². The van der Waals surface area contributed by atoms with Crippen LogP contribution in [0, 0.1) is 0 Å². The lowest BCUT2D eigenvalue weighted by molar-refractivity contribution is -0.137. The molecule has 0 radical (unpaired) electrons. The molecule has 2 aromatic rings. The molecule has 0 aromatic heterocycles. The van der Waals surface area contributed by atoms with Gasteiger partial charge in [0.15, 0.2) is 0 Å². The van der Waals surface area contributed by atoms with Gasteiger partial charge in [-0.15, -0.1) is 0 Å². The van der Waals surface area contributed by atoms with Gasteiger partial charge in [0.1, 0.15) is 5.75 Å². The second-order valence-corrected chi connectivity index (χ2v) is 6.23. The first-order valence-electron chi connectivity index (χ1n) is 8.62. The van der Waals surface area contributed by atoms with Gasteiger partial charge < -0.3 is 9.47 Å². The smallest absolute Gasteiger partial charge is 0.331 e. The summed E-state index contributed by atoms with van der Waals surface area (Å²) in [7, 11) is 1.69. The molecule has 126 valence electrons. The number of benzene rings is 2. The number of aryl methyl sites for hydroxylation is 1. The van der Waals surface area contributed by atoms with Crippen LogP contribution in [-0.2, 0) is 16.0 Å². The van der Waals surface area contributed by atoms with E-state index < -0.39 is 0 Å². The van der Waals surface area contributed by atoms with Crippen LogP contribution in [0.3, 0.4) is 0 Å². The Morgan fingerprint density at radius 2 is 1.88 bits per heavy atom. The largest absolute Gasteiger partial charge is 0.497 e. The number of ether oxygens (including phenoxy) is 2. The zero-order valence-corrected chi connectivity index (χ0v) is 14.5. The van der Waals surface area contributed by atoms with Gasteiger partial charge in [-0.2, -0.15) is 0 Å². The summed E-state index contributed by atoms with van der Waals surface area (Å²) >= 11 is 0. The summed E-state index contributed by atoms with van der Waals surface area (Å²) < 4.78 is 10.5. The van der Waals surface area contributed by atoms with Gasteiger partial charge in [0, 0.05) is 6.08 Å². The minimum atomic E-state index is -0.290. The minimum absolute atomic E-state index is 0.290. The van der Waals surface area contributed by atoms with Crippen molar-refractivity contribution in [1.29, 1.82) is 0 Å². The van der Waals surface area contributed by atoms with E-state index in [4.69, 9.17) is 9.47 Å². The minimum Gasteiger partial charge on any atom is -0.497 e. The van der Waals surface area contributed by atoms with Crippen LogP contribution < -0.4 is 4.74 Å². The Balaban J connectivity index is 1.91. The molecule has 0 saturated carbocycles. The maximum atomic E-state index is 12.2. The monoisotopic (exact) mass is 332 g/mol. The molecule has 0 saturated heterocycles. The molecule has 3 heteroatoms. The SMILES string of the molecule is CCOC(=O)/C=C1\C2=C(CCc3cc(OC)ccc32)c2ccccc21. The Bertz CT molecular complexity index is 919. The maximum Gasteiger partial charge on any atom is 0.331 e. The van der Waals surface area contributed by atoms with Crippen molar-refractivity contribution < 1.29 is 14.3 Å². The van der Waals surface area contributed by atoms with Crippen molar-refractivity contribution in [3.8, 4) is 5.75 Å². The number of hydrogen-bond donors (Lipinski definition) is 0. The number of hydrogen-bond acceptors (Lipinski definition) is 3. The summed E-state index contributed by atoms with van der Waals surface area (Å²) in [5.41, 5.74) is 8.25. The number of methoxy groups -OCH3 is 1. The first-order chi connectivity index (χ1) is 12.2. The van der Waals surface area contributed by atoms with Crippen LogP contribution >= 0.6 is 0 Å². The molecular formula is C22H20O3. The van der Waals surface area contributed by atoms with Crippen molar-refractivity contribution in [2.24, 2.45) is 0 Å². The molecule has 0 unspecified atom stereocenters. The van der Waals surface area contributed by atoms with Gasteiger partial charge in [-0.25, -0.2) is 4.79 Å². The van der Waals surface area contributed by atoms with Gasteiger partial charge in [0.2, 0.25) is 0 Å². The highest BCUT2D eigenvalue weighted by Gasteiger charge is 2.31. The van der Waals surface area contributed by atoms with Crippen LogP contribution in [0.1, 0.15) is 35.6 Å². The third-order valence-electron chi connectivity index (χ3n) is 4.89. The van der Waals surface area contributed by atoms with Crippen molar-refractivity contribution in [3.05, 3.63) is 70.8 Å². The summed E-state index contributed by atoms with van der Waals surface area (Å²) in [5.74, 6) is 0.580. The summed E-state index contributed by atoms with van der Waals surface area (Å²) in [6.45, 7) is 2.20. The Morgan fingerprint density at radius 3 is 2.64 bits per heavy atom. The number of allylic oxidation sites excluding steroid dienone is 3. The summed E-state index contributed by atoms with van der Waals surface area (Å²) in [6, 6.07) is 14.5. The Hall–Kier alpha value is -2.81. The molecule has 0 aliphatic heterocycles. The molecule has 0 atom stereocenters. The lowest BCUT2D eigenvalue weighted by Gasteiger charge is -2.20. The molecule has 2 aromatic carbocycles. The van der Waals surface area contributed by atoms with Crippen molar-refractivity contribution in [1.82, 2.24) is 0 Å². The third-order valence-corrected chi connectivity index (χ3v) is 4.89. The lowest BCUT2D eigenvalue weighted by Crippen LogP contribution is -2.04. The maximum absolute atomic E-state index is 12.2. The molecule has 4 rings (SSSR count). The standard InChI is InChI=1S/C22H20O3/c1-3-25-21(23)13-20-18-7-5-4-6-17(18)19-10-8-14-12-15(24-2)9-11-16(14)22(19)20/h4-7,9,11-13H,3,8,10H2,1-2H3/b20-13-. The molecule has 0 heterocycles. The van der Waals surface area contributed by atoms with E-state index in [0.717, 1.165) is 35.3 Å². The Labute approximate surface area is 147 Å². The van der Waals surface area contributed by atoms with E-state index in [1.165, 1.54) is 22.3 Å². The van der Waals surface area contributed by atoms with Crippen molar-refractivity contribution >= 4 is 22.7 Å². The zero-order chi connectivity index (χ0) is 17.4. The topological polar surface area (TPSA) is 35.5 Å². The van der Waals surface area contributed by atoms with Crippen LogP contribution in [0.5, 0.6) is 5.75 Å². The highest BCUT2D eigenvalue weighted by atomic mass is 16.5. The fourth-order valence-electron chi connectivity index (χ4n) is 3.84. The van der Waals surface area contributed by atoms with Crippen molar-refractivity contribution in [2.75, 3.05) is 13.7 Å². The molecular weight excluding hydrogens is 312 g/mol. The van der Waals surface area contributed by atoms with E-state index in [1.807, 2.05) is 19.1 Å². The van der Waals surface area contributed by atoms with E-state index >= 15 is 0 Å². The molecule has 0 bridgehead atoms. The van der Waals surface area contributed by atoms with E-state index in [-0.39, 0.29) is 5.97 Å². The molecule has 25 heavy (non-hydrogen) atoms. The van der Waals surface area contributed by atoms with E-state index in [2.05, 4.69) is 30.3 Å². The third kappa shape index (κ3) is 2.56. The van der Waals surface area contributed by atoms with Crippen LogP contribution in [0.4, 0.5) is 0 Å². The normalized spacial score (nSPS) is 16.3. The first kappa shape index (κ1) is 15.7. The Morgan fingerprint density at radius 1 is 1.08 bits per heavy atom. The van der Waals surface area contributed by atoms with Crippen LogP contribution in [0.15, 0.2) is 48.5 Å². The highest BCUT2D eigenvalue weighted by molar-refractivity contribution is 6.24. The van der Waals surface area contributed by atoms with Gasteiger partial charge >= 0.3 is 5.97 Å². The van der Waals surface area contributed by atoms with Gasteiger partial charge in [-0.1, -0.05) is 30.3 Å². The fraction of sp³-hybridized carbons (Fsp3) is 0.227. The number of esters is 1. The average Bonchev–Trinajstić information content (AvgIpc) is 2.96. The molecule has 0 amide bonds. The second kappa shape index (κ2) is 6.25. The van der Waals surface area contributed by atoms with Gasteiger partial charge in [-0.3, -0.25) is 0 Å². The number of fused-ring (bicyclic) bond motifs is 4. The zero-order valence-electron chi connectivity index (χ0n) is 14.5. The number of carbonyl (C=O) groups is 1. The summed E-state index contributed by atoms with van der Waals surface area (Å²) in [6.07, 6.45) is 3.59. The van der Waals surface area contributed by atoms with Crippen LogP contribution in [-0.4, -0.2) is 19.7 Å². The van der Waals surface area contributed by atoms with Gasteiger partial charge in [0.05, 0.1) is 13.7 Å². The van der Waals surface area contributed by atoms with Gasteiger partial charge in [-0.05, 0) is 70.9 Å². The average molecular weight is 332 g/mol. The van der Waals surface area contributed by atoms with Gasteiger partial charge in [0.25, 0.3) is 0 Å². The predicted octanol–water partition coefficient (Wildman–Crippen LogP) is 4.51. The number of rotatable bonds is 3. The van der Waals surface area contributed by atoms with Crippen molar-refractivity contribution in [2.45, 2.75) is 19.8 Å². The fourth-order valence-corrected chi connectivity index (χ4v) is 3.84. The first-order valence-corrected chi connectivity index (χ1v) is 8.62. The Kier molecular flexibility index (Phi) is 3.92. The predicted molar refractivity (Wildman–Crippen MR) is 99.2 cm³/mol. The van der Waals surface area contributed by atoms with Crippen LogP contribution in [0.25, 0.3) is 16.7 Å². The van der Waals surface area contributed by atoms with E-state index in [9.17, 15) is 4.79 Å². The molecule has 3 nitrogen and oxygen atoms in total. The molecule has 0 spiro atoms. The van der Waals surface area contributed by atoms with Crippen LogP contribution in [0.2, 0.25) is 0 Å². The molecule has 0 N–H and O–H groups in total. The quantitative estimate of drug-likeness (QED) is 0.613. The molecule has 2 aliphatic carbocycles. The summed E-state index contributed by atoms with van der Waals surface area (Å²) in [5, 5.41) is 0. The summed E-state index contributed by atoms with van der Waals surface area (Å²) in [4.78, 5) is 12.2. The highest BCUT2D eigenvalue weighted by Crippen LogP contribution is 2.51. The lowest BCUT2D eigenvalue weighted by atomic mass is 9.84. The number of carbonyl (C=O) groups excluding carboxylic acids is 1.